The van der Waals surface area contributed by atoms with Crippen LogP contribution in [-0.4, -0.2) is 47.9 Å². The molecule has 0 radical (unpaired) electrons. The van der Waals surface area contributed by atoms with E-state index in [9.17, 15) is 23.6 Å². The number of carbonyl (C=O) groups is 4. The largest absolute Gasteiger partial charge is 0.460 e. The van der Waals surface area contributed by atoms with Gasteiger partial charge in [-0.05, 0) is 36.8 Å². The van der Waals surface area contributed by atoms with E-state index in [1.54, 1.807) is 18.2 Å². The van der Waals surface area contributed by atoms with Gasteiger partial charge in [-0.2, -0.15) is 0 Å². The highest BCUT2D eigenvalue weighted by Gasteiger charge is 2.35. The highest BCUT2D eigenvalue weighted by Crippen LogP contribution is 2.21. The predicted octanol–water partition coefficient (Wildman–Crippen LogP) is 3.03. The van der Waals surface area contributed by atoms with Gasteiger partial charge in [0.05, 0.1) is 6.42 Å². The molecule has 3 amide bonds. The maximum absolute atomic E-state index is 14.3. The molecule has 8 nitrogen and oxygen atoms in total. The Morgan fingerprint density at radius 3 is 2.33 bits per heavy atom. The lowest BCUT2D eigenvalue weighted by atomic mass is 9.94. The summed E-state index contributed by atoms with van der Waals surface area (Å²) in [7, 11) is 0. The van der Waals surface area contributed by atoms with Gasteiger partial charge < -0.3 is 20.7 Å². The number of rotatable bonds is 8. The van der Waals surface area contributed by atoms with E-state index in [0.717, 1.165) is 19.3 Å². The molecule has 200 valence electrons. The van der Waals surface area contributed by atoms with E-state index in [1.165, 1.54) is 13.0 Å². The lowest BCUT2D eigenvalue weighted by Crippen LogP contribution is -2.55. The molecule has 1 heterocycles. The van der Waals surface area contributed by atoms with Crippen molar-refractivity contribution in [2.45, 2.75) is 97.4 Å². The molecule has 36 heavy (non-hydrogen) atoms. The zero-order valence-electron chi connectivity index (χ0n) is 21.9. The van der Waals surface area contributed by atoms with Gasteiger partial charge in [-0.3, -0.25) is 14.4 Å². The lowest BCUT2D eigenvalue weighted by molar-refractivity contribution is -0.158. The first-order chi connectivity index (χ1) is 17.1. The predicted molar refractivity (Wildman–Crippen MR) is 134 cm³/mol. The molecule has 0 spiro atoms. The molecule has 0 saturated carbocycles. The fourth-order valence-electron chi connectivity index (χ4n) is 4.15. The third-order valence-corrected chi connectivity index (χ3v) is 6.85. The van der Waals surface area contributed by atoms with E-state index in [0.29, 0.717) is 6.42 Å². The summed E-state index contributed by atoms with van der Waals surface area (Å²) in [6, 6.07) is 2.99. The number of ether oxygens (including phenoxy) is 1. The number of hydrogen-bond donors (Lipinski definition) is 3. The minimum Gasteiger partial charge on any atom is -0.460 e. The number of esters is 1. The van der Waals surface area contributed by atoms with Crippen molar-refractivity contribution in [2.75, 3.05) is 0 Å². The van der Waals surface area contributed by atoms with Crippen LogP contribution in [0.2, 0.25) is 0 Å². The molecule has 0 aliphatic carbocycles. The molecule has 1 aromatic carbocycles. The number of cyclic esters (lactones) is 1. The normalized spacial score (nSPS) is 25.7. The number of benzene rings is 1. The van der Waals surface area contributed by atoms with E-state index in [-0.39, 0.29) is 30.2 Å². The molecule has 1 aliphatic rings. The van der Waals surface area contributed by atoms with Crippen molar-refractivity contribution in [3.8, 4) is 0 Å². The van der Waals surface area contributed by atoms with Gasteiger partial charge in [-0.1, -0.05) is 65.2 Å². The van der Waals surface area contributed by atoms with Crippen LogP contribution in [0.4, 0.5) is 4.39 Å². The topological polar surface area (TPSA) is 114 Å². The van der Waals surface area contributed by atoms with E-state index in [1.807, 2.05) is 20.8 Å². The van der Waals surface area contributed by atoms with Crippen LogP contribution < -0.4 is 16.0 Å². The molecule has 3 N–H and O–H groups in total. The average molecular weight is 506 g/mol. The molecule has 0 bridgehead atoms. The summed E-state index contributed by atoms with van der Waals surface area (Å²) in [6.07, 6.45) is 2.24. The molecule has 1 aliphatic heterocycles. The number of halogens is 1. The molecule has 0 unspecified atom stereocenters. The Balaban J connectivity index is 2.40. The van der Waals surface area contributed by atoms with Crippen molar-refractivity contribution in [3.05, 3.63) is 35.6 Å². The molecule has 9 heteroatoms. The molecule has 6 atom stereocenters. The molecule has 2 rings (SSSR count). The van der Waals surface area contributed by atoms with Gasteiger partial charge in [0.15, 0.2) is 0 Å². The zero-order chi connectivity index (χ0) is 26.8. The van der Waals surface area contributed by atoms with Gasteiger partial charge in [0.1, 0.15) is 30.0 Å². The third-order valence-electron chi connectivity index (χ3n) is 6.85. The molecular formula is C27H40FN3O5. The highest BCUT2D eigenvalue weighted by molar-refractivity contribution is 5.94. The van der Waals surface area contributed by atoms with E-state index < -0.39 is 53.7 Å². The summed E-state index contributed by atoms with van der Waals surface area (Å²) in [5.41, 5.74) is 0.260. The second kappa shape index (κ2) is 13.9. The van der Waals surface area contributed by atoms with Crippen LogP contribution in [0.1, 0.15) is 72.3 Å². The Morgan fingerprint density at radius 1 is 1.00 bits per heavy atom. The number of nitrogens with one attached hydrogen (secondary N) is 3. The Morgan fingerprint density at radius 2 is 1.69 bits per heavy atom. The van der Waals surface area contributed by atoms with E-state index in [4.69, 9.17) is 4.74 Å². The third kappa shape index (κ3) is 8.31. The van der Waals surface area contributed by atoms with E-state index in [2.05, 4.69) is 22.9 Å². The fourth-order valence-corrected chi connectivity index (χ4v) is 4.15. The van der Waals surface area contributed by atoms with Crippen LogP contribution in [0, 0.1) is 17.7 Å². The van der Waals surface area contributed by atoms with Crippen molar-refractivity contribution < 1.29 is 28.3 Å². The quantitative estimate of drug-likeness (QED) is 0.470. The van der Waals surface area contributed by atoms with Crippen LogP contribution in [-0.2, 0) is 30.3 Å². The van der Waals surface area contributed by atoms with Gasteiger partial charge in [0.2, 0.25) is 17.7 Å². The molecular weight excluding hydrogens is 465 g/mol. The van der Waals surface area contributed by atoms with Gasteiger partial charge in [0.25, 0.3) is 0 Å². The summed E-state index contributed by atoms with van der Waals surface area (Å²) < 4.78 is 20.2. The first kappa shape index (κ1) is 29.3. The number of carbonyl (C=O) groups excluding carboxylic acids is 4. The summed E-state index contributed by atoms with van der Waals surface area (Å²) in [4.78, 5) is 52.2. The monoisotopic (exact) mass is 505 g/mol. The molecule has 0 aromatic heterocycles. The Labute approximate surface area is 213 Å². The van der Waals surface area contributed by atoms with E-state index >= 15 is 0 Å². The summed E-state index contributed by atoms with van der Waals surface area (Å²) in [5.74, 6) is -3.07. The summed E-state index contributed by atoms with van der Waals surface area (Å²) >= 11 is 0. The van der Waals surface area contributed by atoms with Crippen LogP contribution >= 0.6 is 0 Å². The van der Waals surface area contributed by atoms with Crippen LogP contribution in [0.15, 0.2) is 24.3 Å². The molecule has 1 saturated heterocycles. The van der Waals surface area contributed by atoms with Gasteiger partial charge in [0, 0.05) is 6.42 Å². The minimum atomic E-state index is -1.11. The van der Waals surface area contributed by atoms with Gasteiger partial charge in [-0.15, -0.1) is 0 Å². The second-order valence-corrected chi connectivity index (χ2v) is 9.82. The Hall–Kier alpha value is -2.97. The van der Waals surface area contributed by atoms with Gasteiger partial charge in [-0.25, -0.2) is 9.18 Å². The van der Waals surface area contributed by atoms with Crippen molar-refractivity contribution >= 4 is 23.7 Å². The van der Waals surface area contributed by atoms with Gasteiger partial charge >= 0.3 is 5.97 Å². The number of unbranched alkanes of at least 4 members (excludes halogenated alkanes) is 1. The fraction of sp³-hybridized carbons (Fsp3) is 0.630. The number of hydrogen-bond acceptors (Lipinski definition) is 5. The first-order valence-electron chi connectivity index (χ1n) is 12.9. The summed E-state index contributed by atoms with van der Waals surface area (Å²) in [5, 5.41) is 7.99. The van der Waals surface area contributed by atoms with Crippen LogP contribution in [0.3, 0.4) is 0 Å². The van der Waals surface area contributed by atoms with Crippen molar-refractivity contribution in [1.29, 1.82) is 0 Å². The maximum Gasteiger partial charge on any atom is 0.329 e. The van der Waals surface area contributed by atoms with Crippen molar-refractivity contribution in [1.82, 2.24) is 16.0 Å². The Kier molecular flexibility index (Phi) is 11.3. The van der Waals surface area contributed by atoms with Crippen molar-refractivity contribution in [3.63, 3.8) is 0 Å². The smallest absolute Gasteiger partial charge is 0.329 e. The lowest BCUT2D eigenvalue weighted by Gasteiger charge is -2.29. The standard InChI is InChI=1S/C27H40FN3O5/c1-6-8-11-17(4)22-15-23(32)30-21(14-19-12-9-10-13-20(19)28)26(34)29-18(5)25(33)31-24(16(3)7-2)27(35)36-22/h9-10,12-13,16-18,21-22,24H,6-8,11,14-15H2,1-5H3,(H,29,34)(H,30,32)(H,31,33)/t16-,17-,18-,21-,22-,24+/m0/s1. The second-order valence-electron chi connectivity index (χ2n) is 9.82. The van der Waals surface area contributed by atoms with Crippen LogP contribution in [0.5, 0.6) is 0 Å². The molecule has 1 fully saturated rings. The summed E-state index contributed by atoms with van der Waals surface area (Å²) in [6.45, 7) is 9.20. The van der Waals surface area contributed by atoms with Crippen LogP contribution in [0.25, 0.3) is 0 Å². The molecule has 1 aromatic rings. The minimum absolute atomic E-state index is 0.0933. The zero-order valence-corrected chi connectivity index (χ0v) is 21.9. The average Bonchev–Trinajstić information content (AvgIpc) is 2.85. The number of amides is 3. The SMILES string of the molecule is CCCC[C@H](C)[C@@H]1CC(=O)N[C@@H](Cc2ccccc2F)C(=O)N[C@@H](C)C(=O)N[C@H]([C@@H](C)CC)C(=O)O1. The first-order valence-corrected chi connectivity index (χ1v) is 12.9. The van der Waals surface area contributed by atoms with Crippen molar-refractivity contribution in [2.24, 2.45) is 11.8 Å². The maximum atomic E-state index is 14.3. The highest BCUT2D eigenvalue weighted by atomic mass is 19.1. The Bertz CT molecular complexity index is 924.